The SMILES string of the molecule is CC(=O)NCC1(C)COC(c2nc(-c3ccc(F)cc3)c(-c3ccnc(N4CCN(C)CC4)n3)[nH]2)OC1. The van der Waals surface area contributed by atoms with Crippen LogP contribution in [0.2, 0.25) is 0 Å². The lowest BCUT2D eigenvalue weighted by Crippen LogP contribution is -2.45. The number of carbonyl (C=O) groups is 1. The third-order valence-corrected chi connectivity index (χ3v) is 6.68. The number of carbonyl (C=O) groups excluding carboxylic acids is 1. The number of rotatable bonds is 6. The molecule has 196 valence electrons. The molecule has 0 saturated carbocycles. The van der Waals surface area contributed by atoms with E-state index in [0.717, 1.165) is 31.7 Å². The summed E-state index contributed by atoms with van der Waals surface area (Å²) in [6.07, 6.45) is 1.03. The first-order valence-electron chi connectivity index (χ1n) is 12.4. The van der Waals surface area contributed by atoms with Gasteiger partial charge in [0.25, 0.3) is 0 Å². The minimum Gasteiger partial charge on any atom is -0.356 e. The largest absolute Gasteiger partial charge is 0.356 e. The van der Waals surface area contributed by atoms with E-state index < -0.39 is 6.29 Å². The molecule has 4 heterocycles. The molecule has 2 fully saturated rings. The van der Waals surface area contributed by atoms with Gasteiger partial charge in [-0.2, -0.15) is 0 Å². The smallest absolute Gasteiger partial charge is 0.225 e. The van der Waals surface area contributed by atoms with Crippen molar-refractivity contribution in [2.24, 2.45) is 5.41 Å². The van der Waals surface area contributed by atoms with Crippen molar-refractivity contribution >= 4 is 11.9 Å². The van der Waals surface area contributed by atoms with Gasteiger partial charge < -0.3 is 29.6 Å². The molecule has 10 nitrogen and oxygen atoms in total. The van der Waals surface area contributed by atoms with Crippen LogP contribution < -0.4 is 10.2 Å². The Kier molecular flexibility index (Phi) is 7.18. The molecule has 5 rings (SSSR count). The van der Waals surface area contributed by atoms with Crippen molar-refractivity contribution < 1.29 is 18.7 Å². The molecule has 37 heavy (non-hydrogen) atoms. The third kappa shape index (κ3) is 5.79. The Hall–Kier alpha value is -3.41. The molecule has 1 amide bonds. The maximum absolute atomic E-state index is 13.7. The number of nitrogens with zero attached hydrogens (tertiary/aromatic N) is 5. The highest BCUT2D eigenvalue weighted by Crippen LogP contribution is 2.35. The molecule has 1 aromatic carbocycles. The van der Waals surface area contributed by atoms with Gasteiger partial charge in [-0.3, -0.25) is 4.79 Å². The Labute approximate surface area is 215 Å². The van der Waals surface area contributed by atoms with Gasteiger partial charge in [-0.05, 0) is 37.4 Å². The van der Waals surface area contributed by atoms with Crippen LogP contribution in [0.3, 0.4) is 0 Å². The molecular weight excluding hydrogens is 477 g/mol. The molecule has 0 radical (unpaired) electrons. The fourth-order valence-electron chi connectivity index (χ4n) is 4.39. The molecule has 0 unspecified atom stereocenters. The summed E-state index contributed by atoms with van der Waals surface area (Å²) in [5.41, 5.74) is 2.37. The number of imidazole rings is 1. The summed E-state index contributed by atoms with van der Waals surface area (Å²) in [6.45, 7) is 8.30. The van der Waals surface area contributed by atoms with E-state index in [0.29, 0.717) is 48.6 Å². The maximum Gasteiger partial charge on any atom is 0.225 e. The van der Waals surface area contributed by atoms with E-state index in [1.54, 1.807) is 18.3 Å². The normalized spacial score (nSPS) is 22.7. The van der Waals surface area contributed by atoms with Crippen LogP contribution >= 0.6 is 0 Å². The number of likely N-dealkylation sites (N-methyl/N-ethyl adjacent to an activating group) is 1. The van der Waals surface area contributed by atoms with Crippen LogP contribution in [-0.4, -0.2) is 83.7 Å². The first-order chi connectivity index (χ1) is 17.8. The summed E-state index contributed by atoms with van der Waals surface area (Å²) in [4.78, 5) is 33.3. The van der Waals surface area contributed by atoms with E-state index in [2.05, 4.69) is 32.1 Å². The van der Waals surface area contributed by atoms with Crippen molar-refractivity contribution in [2.75, 3.05) is 57.9 Å². The van der Waals surface area contributed by atoms with Crippen molar-refractivity contribution in [1.29, 1.82) is 0 Å². The van der Waals surface area contributed by atoms with E-state index in [1.165, 1.54) is 19.1 Å². The molecule has 2 N–H and O–H groups in total. The summed E-state index contributed by atoms with van der Waals surface area (Å²) in [6, 6.07) is 8.02. The van der Waals surface area contributed by atoms with E-state index in [-0.39, 0.29) is 17.1 Å². The fraction of sp³-hybridized carbons (Fsp3) is 0.462. The second kappa shape index (κ2) is 10.5. The number of piperazine rings is 1. The van der Waals surface area contributed by atoms with Gasteiger partial charge in [0.1, 0.15) is 5.82 Å². The number of hydrogen-bond acceptors (Lipinski definition) is 8. The highest BCUT2D eigenvalue weighted by molar-refractivity contribution is 5.77. The first kappa shape index (κ1) is 25.2. The molecule has 0 atom stereocenters. The summed E-state index contributed by atoms with van der Waals surface area (Å²) in [5.74, 6) is 0.739. The van der Waals surface area contributed by atoms with Crippen LogP contribution in [0.25, 0.3) is 22.6 Å². The quantitative estimate of drug-likeness (QED) is 0.522. The minimum atomic E-state index is -0.711. The molecule has 2 aromatic heterocycles. The Bertz CT molecular complexity index is 1230. The number of benzene rings is 1. The van der Waals surface area contributed by atoms with Crippen molar-refractivity contribution in [1.82, 2.24) is 30.2 Å². The highest BCUT2D eigenvalue weighted by atomic mass is 19.1. The van der Waals surface area contributed by atoms with Gasteiger partial charge in [0.2, 0.25) is 18.1 Å². The van der Waals surface area contributed by atoms with E-state index in [1.807, 2.05) is 13.0 Å². The summed E-state index contributed by atoms with van der Waals surface area (Å²) in [7, 11) is 2.10. The number of amides is 1. The lowest BCUT2D eigenvalue weighted by Gasteiger charge is -2.36. The zero-order valence-electron chi connectivity index (χ0n) is 21.3. The number of ether oxygens (including phenoxy) is 2. The molecule has 11 heteroatoms. The molecular formula is C26H32FN7O3. The first-order valence-corrected chi connectivity index (χ1v) is 12.4. The highest BCUT2D eigenvalue weighted by Gasteiger charge is 2.35. The van der Waals surface area contributed by atoms with E-state index in [4.69, 9.17) is 19.4 Å². The van der Waals surface area contributed by atoms with Crippen molar-refractivity contribution in [3.63, 3.8) is 0 Å². The van der Waals surface area contributed by atoms with Crippen LogP contribution in [0.5, 0.6) is 0 Å². The molecule has 2 aliphatic heterocycles. The van der Waals surface area contributed by atoms with Gasteiger partial charge >= 0.3 is 0 Å². The van der Waals surface area contributed by atoms with Gasteiger partial charge in [0, 0.05) is 56.8 Å². The maximum atomic E-state index is 13.7. The lowest BCUT2D eigenvalue weighted by molar-refractivity contribution is -0.232. The number of halogens is 1. The Morgan fingerprint density at radius 1 is 1.14 bits per heavy atom. The van der Waals surface area contributed by atoms with Crippen molar-refractivity contribution in [2.45, 2.75) is 20.1 Å². The van der Waals surface area contributed by atoms with Crippen LogP contribution in [-0.2, 0) is 14.3 Å². The standard InChI is InChI=1S/C26H32FN7O3/c1-17(35)29-14-26(2)15-36-24(37-16-26)23-31-21(18-4-6-19(27)7-5-18)22(32-23)20-8-9-28-25(30-20)34-12-10-33(3)11-13-34/h4-9,24H,10-16H2,1-3H3,(H,29,35)(H,31,32). The van der Waals surface area contributed by atoms with E-state index >= 15 is 0 Å². The van der Waals surface area contributed by atoms with Crippen LogP contribution in [0.15, 0.2) is 36.5 Å². The number of aromatic amines is 1. The van der Waals surface area contributed by atoms with Gasteiger partial charge in [0.15, 0.2) is 5.82 Å². The van der Waals surface area contributed by atoms with Gasteiger partial charge in [-0.15, -0.1) is 0 Å². The number of anilines is 1. The predicted octanol–water partition coefficient (Wildman–Crippen LogP) is 2.61. The topological polar surface area (TPSA) is 108 Å². The van der Waals surface area contributed by atoms with Crippen molar-refractivity contribution in [3.8, 4) is 22.6 Å². The zero-order chi connectivity index (χ0) is 26.0. The summed E-state index contributed by atoms with van der Waals surface area (Å²) in [5, 5.41) is 2.83. The average Bonchev–Trinajstić information content (AvgIpc) is 3.34. The summed E-state index contributed by atoms with van der Waals surface area (Å²) >= 11 is 0. The Morgan fingerprint density at radius 3 is 2.51 bits per heavy atom. The monoisotopic (exact) mass is 509 g/mol. The molecule has 3 aromatic rings. The molecule has 2 saturated heterocycles. The zero-order valence-corrected chi connectivity index (χ0v) is 21.3. The average molecular weight is 510 g/mol. The second-order valence-electron chi connectivity index (χ2n) is 10.1. The molecule has 0 aliphatic carbocycles. The molecule has 2 aliphatic rings. The number of aromatic nitrogens is 4. The minimum absolute atomic E-state index is 0.0937. The fourth-order valence-corrected chi connectivity index (χ4v) is 4.39. The van der Waals surface area contributed by atoms with Gasteiger partial charge in [-0.1, -0.05) is 6.92 Å². The van der Waals surface area contributed by atoms with Crippen molar-refractivity contribution in [3.05, 3.63) is 48.2 Å². The predicted molar refractivity (Wildman–Crippen MR) is 136 cm³/mol. The number of hydrogen-bond donors (Lipinski definition) is 2. The molecule has 0 bridgehead atoms. The Balaban J connectivity index is 1.44. The Morgan fingerprint density at radius 2 is 1.84 bits per heavy atom. The lowest BCUT2D eigenvalue weighted by atomic mass is 9.92. The van der Waals surface area contributed by atoms with Crippen LogP contribution in [0.4, 0.5) is 10.3 Å². The number of H-pyrrole nitrogens is 1. The van der Waals surface area contributed by atoms with Gasteiger partial charge in [-0.25, -0.2) is 19.3 Å². The molecule has 0 spiro atoms. The third-order valence-electron chi connectivity index (χ3n) is 6.68. The summed E-state index contributed by atoms with van der Waals surface area (Å²) < 4.78 is 25.7. The van der Waals surface area contributed by atoms with Crippen LogP contribution in [0, 0.1) is 11.2 Å². The number of nitrogens with one attached hydrogen (secondary N) is 2. The van der Waals surface area contributed by atoms with Gasteiger partial charge in [0.05, 0.1) is 30.3 Å². The van der Waals surface area contributed by atoms with E-state index in [9.17, 15) is 9.18 Å². The second-order valence-corrected chi connectivity index (χ2v) is 10.1. The van der Waals surface area contributed by atoms with Crippen LogP contribution in [0.1, 0.15) is 26.0 Å².